The lowest BCUT2D eigenvalue weighted by Gasteiger charge is -2.22. The van der Waals surface area contributed by atoms with Gasteiger partial charge in [0.25, 0.3) is 0 Å². The Morgan fingerprint density at radius 1 is 1.32 bits per heavy atom. The number of imidazole rings is 1. The Balaban J connectivity index is 1.73. The van der Waals surface area contributed by atoms with E-state index in [1.165, 1.54) is 12.8 Å². The van der Waals surface area contributed by atoms with Crippen LogP contribution in [-0.4, -0.2) is 26.7 Å². The van der Waals surface area contributed by atoms with Crippen molar-refractivity contribution in [1.29, 1.82) is 0 Å². The molecule has 0 saturated carbocycles. The summed E-state index contributed by atoms with van der Waals surface area (Å²) in [4.78, 5) is 9.09. The highest BCUT2D eigenvalue weighted by Crippen LogP contribution is 2.42. The summed E-state index contributed by atoms with van der Waals surface area (Å²) >= 11 is 0. The van der Waals surface area contributed by atoms with Crippen LogP contribution in [0.15, 0.2) is 30.6 Å². The zero-order chi connectivity index (χ0) is 12.8. The second-order valence-corrected chi connectivity index (χ2v) is 5.50. The lowest BCUT2D eigenvalue weighted by Crippen LogP contribution is -2.21. The van der Waals surface area contributed by atoms with Crippen LogP contribution in [0.5, 0.6) is 0 Å². The fourth-order valence-corrected chi connectivity index (χ4v) is 3.35. The predicted octanol–water partition coefficient (Wildman–Crippen LogP) is 2.75. The van der Waals surface area contributed by atoms with Gasteiger partial charge in [0.1, 0.15) is 5.69 Å². The fraction of sp³-hybridized carbons (Fsp3) is 0.467. The molecular formula is C15H17N3O. The third-order valence-electron chi connectivity index (χ3n) is 4.22. The normalized spacial score (nSPS) is 29.0. The SMILES string of the molecule is Cc1cccc(-c2nccn2[C@@H]2C[C@@H]3CC[C@H]2O3)n1. The van der Waals surface area contributed by atoms with Crippen LogP contribution in [0.25, 0.3) is 11.5 Å². The smallest absolute Gasteiger partial charge is 0.158 e. The van der Waals surface area contributed by atoms with Crippen LogP contribution in [0.4, 0.5) is 0 Å². The van der Waals surface area contributed by atoms with Crippen molar-refractivity contribution in [2.75, 3.05) is 0 Å². The number of aromatic nitrogens is 3. The van der Waals surface area contributed by atoms with Gasteiger partial charge in [0.2, 0.25) is 0 Å². The minimum atomic E-state index is 0.364. The third-order valence-corrected chi connectivity index (χ3v) is 4.22. The maximum absolute atomic E-state index is 5.95. The molecule has 2 bridgehead atoms. The minimum Gasteiger partial charge on any atom is -0.373 e. The molecule has 4 heteroatoms. The zero-order valence-corrected chi connectivity index (χ0v) is 11.0. The third kappa shape index (κ3) is 1.78. The second-order valence-electron chi connectivity index (χ2n) is 5.50. The van der Waals surface area contributed by atoms with Crippen molar-refractivity contribution in [1.82, 2.24) is 14.5 Å². The first kappa shape index (κ1) is 11.2. The zero-order valence-electron chi connectivity index (χ0n) is 11.0. The maximum atomic E-state index is 5.95. The van der Waals surface area contributed by atoms with Gasteiger partial charge in [0.15, 0.2) is 5.82 Å². The average molecular weight is 255 g/mol. The van der Waals surface area contributed by atoms with E-state index in [4.69, 9.17) is 4.74 Å². The Kier molecular flexibility index (Phi) is 2.45. The van der Waals surface area contributed by atoms with E-state index in [1.54, 1.807) is 0 Å². The number of hydrogen-bond acceptors (Lipinski definition) is 3. The van der Waals surface area contributed by atoms with Crippen molar-refractivity contribution in [3.05, 3.63) is 36.3 Å². The second kappa shape index (κ2) is 4.17. The standard InChI is InChI=1S/C15H17N3O/c1-10-3-2-4-12(17-10)15-16-7-8-18(15)13-9-11-5-6-14(13)19-11/h2-4,7-8,11,13-14H,5-6,9H2,1H3/t11-,13+,14+/m0/s1. The van der Waals surface area contributed by atoms with Crippen molar-refractivity contribution >= 4 is 0 Å². The number of ether oxygens (including phenoxy) is 1. The minimum absolute atomic E-state index is 0.364. The molecule has 0 amide bonds. The van der Waals surface area contributed by atoms with Gasteiger partial charge in [-0.15, -0.1) is 0 Å². The highest BCUT2D eigenvalue weighted by molar-refractivity contribution is 5.50. The maximum Gasteiger partial charge on any atom is 0.158 e. The molecule has 4 nitrogen and oxygen atoms in total. The monoisotopic (exact) mass is 255 g/mol. The van der Waals surface area contributed by atoms with Crippen LogP contribution in [0.3, 0.4) is 0 Å². The molecule has 2 fully saturated rings. The molecule has 19 heavy (non-hydrogen) atoms. The van der Waals surface area contributed by atoms with Crippen LogP contribution in [-0.2, 0) is 4.74 Å². The van der Waals surface area contributed by atoms with Crippen molar-refractivity contribution in [2.24, 2.45) is 0 Å². The molecule has 2 aliphatic heterocycles. The largest absolute Gasteiger partial charge is 0.373 e. The van der Waals surface area contributed by atoms with Gasteiger partial charge in [0.05, 0.1) is 18.2 Å². The number of fused-ring (bicyclic) bond motifs is 2. The Bertz CT molecular complexity index is 607. The Morgan fingerprint density at radius 3 is 3.00 bits per heavy atom. The van der Waals surface area contributed by atoms with E-state index >= 15 is 0 Å². The molecule has 2 aromatic rings. The number of hydrogen-bond donors (Lipinski definition) is 0. The van der Waals surface area contributed by atoms with Crippen LogP contribution in [0.2, 0.25) is 0 Å². The van der Waals surface area contributed by atoms with E-state index in [-0.39, 0.29) is 0 Å². The molecule has 2 saturated heterocycles. The van der Waals surface area contributed by atoms with Crippen molar-refractivity contribution < 1.29 is 4.74 Å². The average Bonchev–Trinajstić information content (AvgIpc) is 3.14. The van der Waals surface area contributed by atoms with E-state index in [1.807, 2.05) is 31.3 Å². The Hall–Kier alpha value is -1.68. The predicted molar refractivity (Wildman–Crippen MR) is 71.7 cm³/mol. The molecule has 0 spiro atoms. The molecule has 2 aliphatic rings. The molecular weight excluding hydrogens is 238 g/mol. The molecule has 2 aromatic heterocycles. The lowest BCUT2D eigenvalue weighted by molar-refractivity contribution is 0.0940. The molecule has 4 heterocycles. The summed E-state index contributed by atoms with van der Waals surface area (Å²) in [6.07, 6.45) is 8.25. The lowest BCUT2D eigenvalue weighted by atomic mass is 9.95. The van der Waals surface area contributed by atoms with Crippen LogP contribution in [0.1, 0.15) is 31.0 Å². The van der Waals surface area contributed by atoms with Gasteiger partial charge in [-0.05, 0) is 38.3 Å². The summed E-state index contributed by atoms with van der Waals surface area (Å²) in [5.74, 6) is 0.963. The number of pyridine rings is 1. The van der Waals surface area contributed by atoms with E-state index in [0.29, 0.717) is 18.2 Å². The molecule has 3 atom stereocenters. The van der Waals surface area contributed by atoms with Crippen molar-refractivity contribution in [2.45, 2.75) is 44.4 Å². The quantitative estimate of drug-likeness (QED) is 0.828. The Morgan fingerprint density at radius 2 is 2.26 bits per heavy atom. The molecule has 0 aliphatic carbocycles. The van der Waals surface area contributed by atoms with E-state index in [0.717, 1.165) is 23.6 Å². The fourth-order valence-electron chi connectivity index (χ4n) is 3.35. The van der Waals surface area contributed by atoms with Crippen LogP contribution >= 0.6 is 0 Å². The van der Waals surface area contributed by atoms with Gasteiger partial charge >= 0.3 is 0 Å². The summed E-state index contributed by atoms with van der Waals surface area (Å²) in [5, 5.41) is 0. The summed E-state index contributed by atoms with van der Waals surface area (Å²) in [6, 6.07) is 6.50. The highest BCUT2D eigenvalue weighted by Gasteiger charge is 2.42. The van der Waals surface area contributed by atoms with Crippen molar-refractivity contribution in [3.63, 3.8) is 0 Å². The van der Waals surface area contributed by atoms with E-state index < -0.39 is 0 Å². The summed E-state index contributed by atoms with van der Waals surface area (Å²) in [5.41, 5.74) is 1.98. The van der Waals surface area contributed by atoms with Crippen molar-refractivity contribution in [3.8, 4) is 11.5 Å². The molecule has 0 radical (unpaired) electrons. The topological polar surface area (TPSA) is 39.9 Å². The highest BCUT2D eigenvalue weighted by atomic mass is 16.5. The summed E-state index contributed by atoms with van der Waals surface area (Å²) < 4.78 is 8.21. The van der Waals surface area contributed by atoms with Gasteiger partial charge in [-0.25, -0.2) is 9.97 Å². The van der Waals surface area contributed by atoms with Gasteiger partial charge in [-0.2, -0.15) is 0 Å². The molecule has 98 valence electrons. The van der Waals surface area contributed by atoms with E-state index in [2.05, 4.69) is 20.7 Å². The van der Waals surface area contributed by atoms with Crippen LogP contribution in [0, 0.1) is 6.92 Å². The number of aryl methyl sites for hydroxylation is 1. The van der Waals surface area contributed by atoms with Gasteiger partial charge in [-0.3, -0.25) is 0 Å². The van der Waals surface area contributed by atoms with Gasteiger partial charge < -0.3 is 9.30 Å². The molecule has 4 rings (SSSR count). The molecule has 0 unspecified atom stereocenters. The van der Waals surface area contributed by atoms with Gasteiger partial charge in [-0.1, -0.05) is 6.07 Å². The molecule has 0 N–H and O–H groups in total. The first-order chi connectivity index (χ1) is 9.31. The first-order valence-electron chi connectivity index (χ1n) is 6.93. The van der Waals surface area contributed by atoms with Gasteiger partial charge in [0, 0.05) is 18.1 Å². The number of nitrogens with zero attached hydrogens (tertiary/aromatic N) is 3. The Labute approximate surface area is 112 Å². The molecule has 0 aromatic carbocycles. The number of rotatable bonds is 2. The van der Waals surface area contributed by atoms with E-state index in [9.17, 15) is 0 Å². The van der Waals surface area contributed by atoms with Crippen LogP contribution < -0.4 is 0 Å². The first-order valence-corrected chi connectivity index (χ1v) is 6.93. The summed E-state index contributed by atoms with van der Waals surface area (Å²) in [6.45, 7) is 2.01. The summed E-state index contributed by atoms with van der Waals surface area (Å²) in [7, 11) is 0.